The number of likely N-dealkylation sites (tertiary alicyclic amines) is 1. The van der Waals surface area contributed by atoms with Gasteiger partial charge in [0.1, 0.15) is 5.82 Å². The van der Waals surface area contributed by atoms with E-state index in [1.807, 2.05) is 41.3 Å². The van der Waals surface area contributed by atoms with E-state index >= 15 is 0 Å². The van der Waals surface area contributed by atoms with Gasteiger partial charge in [0.2, 0.25) is 5.91 Å². The Morgan fingerprint density at radius 3 is 2.62 bits per heavy atom. The number of carbonyl (C=O) groups is 1. The molecule has 0 radical (unpaired) electrons. The molecule has 1 aromatic heterocycles. The van der Waals surface area contributed by atoms with Crippen LogP contribution in [0.4, 0.5) is 0 Å². The first-order chi connectivity index (χ1) is 13.6. The van der Waals surface area contributed by atoms with E-state index in [-0.39, 0.29) is 35.8 Å². The van der Waals surface area contributed by atoms with Crippen molar-refractivity contribution in [2.45, 2.75) is 31.2 Å². The molecule has 1 aliphatic rings. The first-order valence-corrected chi connectivity index (χ1v) is 9.68. The number of nitrogens with two attached hydrogens (primary N) is 1. The van der Waals surface area contributed by atoms with Crippen molar-refractivity contribution in [3.8, 4) is 0 Å². The van der Waals surface area contributed by atoms with Gasteiger partial charge in [0.25, 0.3) is 5.56 Å². The topological polar surface area (TPSA) is 92.1 Å². The highest BCUT2D eigenvalue weighted by atomic mass is 35.5. The van der Waals surface area contributed by atoms with E-state index in [0.29, 0.717) is 49.1 Å². The number of amides is 1. The summed E-state index contributed by atoms with van der Waals surface area (Å²) in [6.45, 7) is 1.25. The summed E-state index contributed by atoms with van der Waals surface area (Å²) in [4.78, 5) is 33.9. The molecule has 0 unspecified atom stereocenters. The number of fused-ring (bicyclic) bond motifs is 1. The number of hydrogen-bond donors (Lipinski definition) is 2. The molecule has 1 amide bonds. The first kappa shape index (κ1) is 21.0. The number of aromatic amines is 1. The summed E-state index contributed by atoms with van der Waals surface area (Å²) in [7, 11) is 0. The van der Waals surface area contributed by atoms with Crippen molar-refractivity contribution >= 4 is 29.2 Å². The number of halogens is 1. The number of para-hydroxylation sites is 1. The first-order valence-electron chi connectivity index (χ1n) is 9.68. The zero-order valence-electron chi connectivity index (χ0n) is 16.1. The van der Waals surface area contributed by atoms with Crippen LogP contribution in [0.25, 0.3) is 10.9 Å². The monoisotopic (exact) mass is 412 g/mol. The number of rotatable bonds is 5. The normalized spacial score (nSPS) is 18.6. The largest absolute Gasteiger partial charge is 0.340 e. The molecule has 1 saturated heterocycles. The van der Waals surface area contributed by atoms with E-state index in [1.54, 1.807) is 6.07 Å². The van der Waals surface area contributed by atoms with Gasteiger partial charge in [-0.3, -0.25) is 9.59 Å². The van der Waals surface area contributed by atoms with Gasteiger partial charge in [-0.15, -0.1) is 12.4 Å². The van der Waals surface area contributed by atoms with Crippen LogP contribution in [0.5, 0.6) is 0 Å². The standard InChI is InChI=1S/C22H24N4O2.ClH/c23-18-14-26(13-17(18)15-7-2-1-3-8-15)21(27)12-6-11-20-24-19-10-5-4-9-16(19)22(28)25-20;/h1-5,7-10,17-18H,6,11-14,23H2,(H,24,25,28);1H/t17-,18+;/m0./s1. The van der Waals surface area contributed by atoms with Crippen molar-refractivity contribution in [1.82, 2.24) is 14.9 Å². The highest BCUT2D eigenvalue weighted by Crippen LogP contribution is 2.26. The maximum Gasteiger partial charge on any atom is 0.258 e. The van der Waals surface area contributed by atoms with Gasteiger partial charge in [0, 0.05) is 37.9 Å². The van der Waals surface area contributed by atoms with E-state index in [4.69, 9.17) is 5.73 Å². The van der Waals surface area contributed by atoms with Crippen LogP contribution in [0.3, 0.4) is 0 Å². The van der Waals surface area contributed by atoms with Crippen LogP contribution in [-0.2, 0) is 11.2 Å². The predicted molar refractivity (Wildman–Crippen MR) is 116 cm³/mol. The Bertz CT molecular complexity index is 1040. The molecule has 4 rings (SSSR count). The number of H-pyrrole nitrogens is 1. The van der Waals surface area contributed by atoms with E-state index in [0.717, 1.165) is 0 Å². The molecule has 1 aliphatic heterocycles. The summed E-state index contributed by atoms with van der Waals surface area (Å²) in [6.07, 6.45) is 1.63. The SMILES string of the molecule is Cl.N[C@@H]1CN(C(=O)CCCc2nc3ccccc3c(=O)[nH]2)C[C@H]1c1ccccc1. The van der Waals surface area contributed by atoms with Gasteiger partial charge in [-0.05, 0) is 24.1 Å². The van der Waals surface area contributed by atoms with Gasteiger partial charge < -0.3 is 15.6 Å². The van der Waals surface area contributed by atoms with Crippen molar-refractivity contribution in [2.75, 3.05) is 13.1 Å². The number of carbonyl (C=O) groups excluding carboxylic acids is 1. The Morgan fingerprint density at radius 1 is 1.10 bits per heavy atom. The highest BCUT2D eigenvalue weighted by molar-refractivity contribution is 5.85. The number of aryl methyl sites for hydroxylation is 1. The lowest BCUT2D eigenvalue weighted by Crippen LogP contribution is -2.32. The van der Waals surface area contributed by atoms with Gasteiger partial charge >= 0.3 is 0 Å². The summed E-state index contributed by atoms with van der Waals surface area (Å²) in [6, 6.07) is 17.4. The molecule has 2 heterocycles. The lowest BCUT2D eigenvalue weighted by molar-refractivity contribution is -0.130. The molecule has 0 saturated carbocycles. The minimum atomic E-state index is -0.136. The average molecular weight is 413 g/mol. The maximum absolute atomic E-state index is 12.6. The minimum absolute atomic E-state index is 0. The molecule has 0 bridgehead atoms. The molecule has 3 N–H and O–H groups in total. The molecule has 7 heteroatoms. The Hall–Kier alpha value is -2.70. The molecule has 3 aromatic rings. The Labute approximate surface area is 175 Å². The highest BCUT2D eigenvalue weighted by Gasteiger charge is 2.33. The second kappa shape index (κ2) is 9.20. The number of benzene rings is 2. The van der Waals surface area contributed by atoms with E-state index in [2.05, 4.69) is 22.1 Å². The molecule has 0 spiro atoms. The fourth-order valence-electron chi connectivity index (χ4n) is 3.90. The third-order valence-corrected chi connectivity index (χ3v) is 5.41. The average Bonchev–Trinajstić information content (AvgIpc) is 3.10. The van der Waals surface area contributed by atoms with E-state index < -0.39 is 0 Å². The van der Waals surface area contributed by atoms with Crippen molar-refractivity contribution in [1.29, 1.82) is 0 Å². The van der Waals surface area contributed by atoms with Crippen LogP contribution in [0.1, 0.15) is 30.1 Å². The number of nitrogens with one attached hydrogen (secondary N) is 1. The van der Waals surface area contributed by atoms with Crippen LogP contribution in [0.2, 0.25) is 0 Å². The third kappa shape index (κ3) is 4.66. The molecule has 6 nitrogen and oxygen atoms in total. The maximum atomic E-state index is 12.6. The van der Waals surface area contributed by atoms with Gasteiger partial charge in [-0.25, -0.2) is 4.98 Å². The lowest BCUT2D eigenvalue weighted by atomic mass is 9.95. The van der Waals surface area contributed by atoms with E-state index in [1.165, 1.54) is 5.56 Å². The van der Waals surface area contributed by atoms with Crippen LogP contribution in [0.15, 0.2) is 59.4 Å². The number of nitrogens with zero attached hydrogens (tertiary/aromatic N) is 2. The third-order valence-electron chi connectivity index (χ3n) is 5.41. The van der Waals surface area contributed by atoms with Crippen LogP contribution in [0, 0.1) is 0 Å². The van der Waals surface area contributed by atoms with Gasteiger partial charge in [-0.2, -0.15) is 0 Å². The van der Waals surface area contributed by atoms with E-state index in [9.17, 15) is 9.59 Å². The van der Waals surface area contributed by atoms with Crippen molar-refractivity contribution < 1.29 is 4.79 Å². The van der Waals surface area contributed by atoms with Gasteiger partial charge in [0.05, 0.1) is 10.9 Å². The molecule has 0 aliphatic carbocycles. The molecule has 29 heavy (non-hydrogen) atoms. The lowest BCUT2D eigenvalue weighted by Gasteiger charge is -2.16. The quantitative estimate of drug-likeness (QED) is 0.673. The zero-order chi connectivity index (χ0) is 19.5. The molecule has 1 fully saturated rings. The van der Waals surface area contributed by atoms with Crippen LogP contribution in [-0.4, -0.2) is 39.9 Å². The number of aromatic nitrogens is 2. The Kier molecular flexibility index (Phi) is 6.67. The van der Waals surface area contributed by atoms with Gasteiger partial charge in [0.15, 0.2) is 0 Å². The second-order valence-corrected chi connectivity index (χ2v) is 7.36. The summed E-state index contributed by atoms with van der Waals surface area (Å²) in [5, 5.41) is 0.584. The molecule has 152 valence electrons. The van der Waals surface area contributed by atoms with Crippen molar-refractivity contribution in [3.05, 3.63) is 76.3 Å². The second-order valence-electron chi connectivity index (χ2n) is 7.36. The zero-order valence-corrected chi connectivity index (χ0v) is 16.9. The fourth-order valence-corrected chi connectivity index (χ4v) is 3.90. The number of hydrogen-bond acceptors (Lipinski definition) is 4. The van der Waals surface area contributed by atoms with Crippen molar-refractivity contribution in [2.24, 2.45) is 5.73 Å². The summed E-state index contributed by atoms with van der Waals surface area (Å²) in [5.74, 6) is 0.914. The smallest absolute Gasteiger partial charge is 0.258 e. The van der Waals surface area contributed by atoms with Crippen LogP contribution >= 0.6 is 12.4 Å². The summed E-state index contributed by atoms with van der Waals surface area (Å²) >= 11 is 0. The molecule has 2 atom stereocenters. The van der Waals surface area contributed by atoms with Crippen molar-refractivity contribution in [3.63, 3.8) is 0 Å². The fraction of sp³-hybridized carbons (Fsp3) is 0.318. The molecular formula is C22H25ClN4O2. The predicted octanol–water partition coefficient (Wildman–Crippen LogP) is 2.62. The molecular weight excluding hydrogens is 388 g/mol. The Morgan fingerprint density at radius 2 is 1.83 bits per heavy atom. The summed E-state index contributed by atoms with van der Waals surface area (Å²) < 4.78 is 0. The summed E-state index contributed by atoms with van der Waals surface area (Å²) in [5.41, 5.74) is 8.02. The minimum Gasteiger partial charge on any atom is -0.340 e. The van der Waals surface area contributed by atoms with Crippen LogP contribution < -0.4 is 11.3 Å². The molecule has 2 aromatic carbocycles. The Balaban J connectivity index is 0.00000240. The van der Waals surface area contributed by atoms with Gasteiger partial charge in [-0.1, -0.05) is 42.5 Å².